The number of hydrogen-bond donors (Lipinski definition) is 7. The number of aliphatic hydroxyl groups is 2. The van der Waals surface area contributed by atoms with Gasteiger partial charge in [-0.1, -0.05) is 12.2 Å². The maximum atomic E-state index is 12.2. The molecule has 0 radical (unpaired) electrons. The minimum atomic E-state index is -5.77. The van der Waals surface area contributed by atoms with Crippen LogP contribution in [0.1, 0.15) is 26.5 Å². The summed E-state index contributed by atoms with van der Waals surface area (Å²) in [5.74, 6) is 0.0682. The van der Waals surface area contributed by atoms with Crippen molar-refractivity contribution in [2.24, 2.45) is 0 Å². The summed E-state index contributed by atoms with van der Waals surface area (Å²) in [5, 5.41) is 19.9. The van der Waals surface area contributed by atoms with Crippen LogP contribution in [0.3, 0.4) is 0 Å². The minimum Gasteiger partial charge on any atom is -0.394 e. The van der Waals surface area contributed by atoms with Crippen molar-refractivity contribution in [3.8, 4) is 0 Å². The van der Waals surface area contributed by atoms with Gasteiger partial charge in [-0.05, 0) is 13.8 Å². The average molecular weight is 577 g/mol. The van der Waals surface area contributed by atoms with Crippen molar-refractivity contribution in [3.63, 3.8) is 0 Å². The van der Waals surface area contributed by atoms with E-state index in [1.54, 1.807) is 6.92 Å². The highest BCUT2D eigenvalue weighted by molar-refractivity contribution is 7.66. The molecule has 0 saturated carbocycles. The third kappa shape index (κ3) is 8.46. The average Bonchev–Trinajstić information content (AvgIpc) is 3.14. The lowest BCUT2D eigenvalue weighted by atomic mass is 10.0. The predicted molar refractivity (Wildman–Crippen MR) is 121 cm³/mol. The van der Waals surface area contributed by atoms with Gasteiger partial charge in [0.1, 0.15) is 29.8 Å². The van der Waals surface area contributed by atoms with Gasteiger partial charge in [-0.2, -0.15) is 8.62 Å². The van der Waals surface area contributed by atoms with Crippen LogP contribution in [0.5, 0.6) is 0 Å². The summed E-state index contributed by atoms with van der Waals surface area (Å²) < 4.78 is 53.8. The summed E-state index contributed by atoms with van der Waals surface area (Å²) in [7, 11) is -16.9. The highest BCUT2D eigenvalue weighted by atomic mass is 31.3. The molecule has 8 N–H and O–H groups in total. The lowest BCUT2D eigenvalue weighted by molar-refractivity contribution is -0.191. The van der Waals surface area contributed by atoms with Crippen LogP contribution in [0, 0.1) is 0 Å². The van der Waals surface area contributed by atoms with Gasteiger partial charge in [0.25, 0.3) is 0 Å². The first-order valence-corrected chi connectivity index (χ1v) is 14.2. The second kappa shape index (κ2) is 11.4. The lowest BCUT2D eigenvalue weighted by Crippen LogP contribution is -2.49. The largest absolute Gasteiger partial charge is 0.490 e. The molecular weight excluding hydrogens is 551 g/mol. The number of nitrogen functional groups attached to an aromatic ring is 1. The second-order valence-electron chi connectivity index (χ2n) is 7.69. The van der Waals surface area contributed by atoms with Crippen molar-refractivity contribution in [1.82, 2.24) is 19.5 Å². The number of aromatic nitrogens is 4. The number of imidazole rings is 1. The molecule has 2 heterocycles. The molecule has 0 aliphatic rings. The van der Waals surface area contributed by atoms with Crippen molar-refractivity contribution in [2.75, 3.05) is 18.9 Å². The van der Waals surface area contributed by atoms with Crippen LogP contribution in [0.15, 0.2) is 24.8 Å². The molecule has 0 saturated heterocycles. The Balaban J connectivity index is 2.34. The predicted octanol–water partition coefficient (Wildman–Crippen LogP) is 0.345. The van der Waals surface area contributed by atoms with Gasteiger partial charge < -0.3 is 40.3 Å². The van der Waals surface area contributed by atoms with Crippen molar-refractivity contribution in [3.05, 3.63) is 24.8 Å². The van der Waals surface area contributed by atoms with Crippen molar-refractivity contribution >= 4 is 40.4 Å². The number of anilines is 1. The van der Waals surface area contributed by atoms with E-state index < -0.39 is 54.6 Å². The first kappa shape index (κ1) is 30.6. The number of hydrogen-bond acceptors (Lipinski definition) is 13. The molecular formula is C15H26N5O13P3. The van der Waals surface area contributed by atoms with Crippen molar-refractivity contribution in [1.29, 1.82) is 0 Å². The molecule has 0 spiro atoms. The second-order valence-corrected chi connectivity index (χ2v) is 12.1. The number of nitrogens with zero attached hydrogens (tertiary/aromatic N) is 4. The topological polar surface area (TPSA) is 279 Å². The number of fused-ring (bicyclic) bond motifs is 1. The van der Waals surface area contributed by atoms with Gasteiger partial charge in [0.05, 0.1) is 19.5 Å². The van der Waals surface area contributed by atoms with Gasteiger partial charge in [-0.25, -0.2) is 28.6 Å². The molecule has 2 aromatic heterocycles. The summed E-state index contributed by atoms with van der Waals surface area (Å²) >= 11 is 0. The number of rotatable bonds is 14. The molecule has 21 heteroatoms. The molecule has 2 unspecified atom stereocenters. The summed E-state index contributed by atoms with van der Waals surface area (Å²) in [6.45, 7) is 4.66. The third-order valence-electron chi connectivity index (χ3n) is 4.43. The Kier molecular flexibility index (Phi) is 9.70. The van der Waals surface area contributed by atoms with Gasteiger partial charge in [0, 0.05) is 6.42 Å². The van der Waals surface area contributed by atoms with Crippen LogP contribution < -0.4 is 5.73 Å². The van der Waals surface area contributed by atoms with E-state index in [9.17, 15) is 33.7 Å². The normalized spacial score (nSPS) is 19.2. The minimum absolute atomic E-state index is 0.0682. The Labute approximate surface area is 203 Å². The van der Waals surface area contributed by atoms with Gasteiger partial charge in [-0.3, -0.25) is 9.09 Å². The molecule has 36 heavy (non-hydrogen) atoms. The van der Waals surface area contributed by atoms with E-state index in [2.05, 4.69) is 34.7 Å². The number of phosphoric acid groups is 3. The number of phosphoric ester groups is 1. The summed E-state index contributed by atoms with van der Waals surface area (Å²) in [4.78, 5) is 48.4. The first-order valence-electron chi connectivity index (χ1n) is 9.70. The number of ether oxygens (including phenoxy) is 1. The van der Waals surface area contributed by atoms with Crippen LogP contribution in [-0.4, -0.2) is 74.2 Å². The first-order chi connectivity index (χ1) is 16.4. The molecule has 2 aromatic rings. The maximum Gasteiger partial charge on any atom is 0.490 e. The lowest BCUT2D eigenvalue weighted by Gasteiger charge is -2.37. The van der Waals surface area contributed by atoms with E-state index in [1.165, 1.54) is 24.1 Å². The molecule has 18 nitrogen and oxygen atoms in total. The number of aliphatic hydroxyl groups excluding tert-OH is 2. The summed E-state index contributed by atoms with van der Waals surface area (Å²) in [5.41, 5.74) is 4.83. The van der Waals surface area contributed by atoms with E-state index in [0.717, 1.165) is 0 Å². The maximum absolute atomic E-state index is 12.2. The van der Waals surface area contributed by atoms with Gasteiger partial charge in [0.15, 0.2) is 11.5 Å². The molecule has 0 aliphatic carbocycles. The smallest absolute Gasteiger partial charge is 0.394 e. The fraction of sp³-hybridized carbons (Fsp3) is 0.533. The zero-order valence-electron chi connectivity index (χ0n) is 18.9. The third-order valence-corrected chi connectivity index (χ3v) is 8.22. The summed E-state index contributed by atoms with van der Waals surface area (Å²) in [6, 6.07) is 0. The van der Waals surface area contributed by atoms with Crippen LogP contribution in [0.4, 0.5) is 5.82 Å². The molecule has 0 aromatic carbocycles. The Hall–Kier alpha value is -1.62. The molecule has 0 aliphatic heterocycles. The molecule has 5 atom stereocenters. The van der Waals surface area contributed by atoms with E-state index in [-0.39, 0.29) is 23.4 Å². The molecule has 204 valence electrons. The van der Waals surface area contributed by atoms with Crippen molar-refractivity contribution < 1.29 is 61.4 Å². The zero-order valence-corrected chi connectivity index (χ0v) is 21.6. The van der Waals surface area contributed by atoms with E-state index in [1.807, 2.05) is 0 Å². The zero-order chi connectivity index (χ0) is 27.5. The monoisotopic (exact) mass is 577 g/mol. The fourth-order valence-corrected chi connectivity index (χ4v) is 5.92. The Morgan fingerprint density at radius 3 is 2.36 bits per heavy atom. The Bertz CT molecular complexity index is 1230. The van der Waals surface area contributed by atoms with Crippen molar-refractivity contribution in [2.45, 2.75) is 38.2 Å². The van der Waals surface area contributed by atoms with Crippen LogP contribution in [0.25, 0.3) is 11.2 Å². The van der Waals surface area contributed by atoms with E-state index >= 15 is 0 Å². The van der Waals surface area contributed by atoms with E-state index in [4.69, 9.17) is 20.3 Å². The molecule has 0 amide bonds. The molecule has 2 rings (SSSR count). The van der Waals surface area contributed by atoms with Crippen LogP contribution in [-0.2, 0) is 31.6 Å². The van der Waals surface area contributed by atoms with Crippen LogP contribution >= 0.6 is 23.5 Å². The summed E-state index contributed by atoms with van der Waals surface area (Å²) in [6.07, 6.45) is -0.259. The highest BCUT2D eigenvalue weighted by Gasteiger charge is 2.44. The standard InChI is InChI=1S/C15H26N5O13P3/c1-9(2)4-11(20-8-19-12-13(16)17-7-18-14(12)20)31-15(3,10(22)5-21)6-30-35(26,27)33-36(28,29)32-34(23,24)25/h7-8,10-11,21-22H,1,4-6H2,2-3H3,(H,26,27)(H,28,29)(H2,16,17,18)(H2,23,24,25)/t10-,11+,15+/m0/s1. The fourth-order valence-electron chi connectivity index (χ4n) is 2.80. The Morgan fingerprint density at radius 2 is 1.81 bits per heavy atom. The quantitative estimate of drug-likeness (QED) is 0.118. The van der Waals surface area contributed by atoms with E-state index in [0.29, 0.717) is 5.57 Å². The number of nitrogens with two attached hydrogens (primary N) is 1. The van der Waals surface area contributed by atoms with Gasteiger partial charge in [0.2, 0.25) is 0 Å². The van der Waals surface area contributed by atoms with Gasteiger partial charge in [-0.15, -0.1) is 0 Å². The van der Waals surface area contributed by atoms with Gasteiger partial charge >= 0.3 is 23.5 Å². The molecule has 0 fully saturated rings. The van der Waals surface area contributed by atoms with Crippen LogP contribution in [0.2, 0.25) is 0 Å². The Morgan fingerprint density at radius 1 is 1.17 bits per heavy atom. The SMILES string of the molecule is C=C(C)C[C@@H](O[C@](C)(COP(=O)(O)OP(=O)(O)OP(=O)(O)O)[C@@H](O)CO)n1cnc2c(N)ncnc21. The highest BCUT2D eigenvalue weighted by Crippen LogP contribution is 2.66. The molecule has 0 bridgehead atoms.